The van der Waals surface area contributed by atoms with E-state index in [-0.39, 0.29) is 11.8 Å². The molecular formula is C20H25N3O. The molecule has 0 radical (unpaired) electrons. The number of carbonyl (C=O) groups excluding carboxylic acids is 1. The Kier molecular flexibility index (Phi) is 5.59. The highest BCUT2D eigenvalue weighted by Crippen LogP contribution is 2.24. The van der Waals surface area contributed by atoms with E-state index in [2.05, 4.69) is 28.9 Å². The fraction of sp³-hybridized carbons (Fsp3) is 0.400. The van der Waals surface area contributed by atoms with Crippen LogP contribution in [0.2, 0.25) is 0 Å². The first kappa shape index (κ1) is 16.7. The lowest BCUT2D eigenvalue weighted by Gasteiger charge is -2.36. The number of aromatic nitrogens is 1. The second-order valence-electron chi connectivity index (χ2n) is 6.28. The van der Waals surface area contributed by atoms with Crippen LogP contribution in [-0.2, 0) is 11.2 Å². The lowest BCUT2D eigenvalue weighted by atomic mass is 9.91. The van der Waals surface area contributed by atoms with Crippen molar-refractivity contribution in [2.75, 3.05) is 32.7 Å². The Morgan fingerprint density at radius 3 is 2.33 bits per heavy atom. The largest absolute Gasteiger partial charge is 0.340 e. The lowest BCUT2D eigenvalue weighted by Crippen LogP contribution is -2.50. The van der Waals surface area contributed by atoms with Crippen molar-refractivity contribution in [3.63, 3.8) is 0 Å². The van der Waals surface area contributed by atoms with E-state index in [9.17, 15) is 4.79 Å². The molecule has 1 amide bonds. The molecule has 0 N–H and O–H groups in total. The second kappa shape index (κ2) is 8.06. The van der Waals surface area contributed by atoms with Crippen molar-refractivity contribution in [1.82, 2.24) is 14.8 Å². The third-order valence-electron chi connectivity index (χ3n) is 4.82. The summed E-state index contributed by atoms with van der Waals surface area (Å²) in [6.07, 6.45) is 4.31. The van der Waals surface area contributed by atoms with Gasteiger partial charge in [-0.25, -0.2) is 0 Å². The number of benzene rings is 1. The highest BCUT2D eigenvalue weighted by molar-refractivity contribution is 5.84. The van der Waals surface area contributed by atoms with Crippen molar-refractivity contribution >= 4 is 5.91 Å². The highest BCUT2D eigenvalue weighted by atomic mass is 16.2. The summed E-state index contributed by atoms with van der Waals surface area (Å²) in [5.41, 5.74) is 2.25. The summed E-state index contributed by atoms with van der Waals surface area (Å²) in [7, 11) is 0. The normalized spacial score (nSPS) is 16.8. The van der Waals surface area contributed by atoms with Gasteiger partial charge in [0.15, 0.2) is 0 Å². The molecule has 0 aliphatic carbocycles. The zero-order valence-corrected chi connectivity index (χ0v) is 14.3. The van der Waals surface area contributed by atoms with Crippen molar-refractivity contribution in [3.05, 3.63) is 66.0 Å². The number of amides is 1. The smallest absolute Gasteiger partial charge is 0.230 e. The third kappa shape index (κ3) is 4.01. The van der Waals surface area contributed by atoms with Crippen LogP contribution in [-0.4, -0.2) is 53.4 Å². The van der Waals surface area contributed by atoms with Gasteiger partial charge in [0, 0.05) is 38.6 Å². The highest BCUT2D eigenvalue weighted by Gasteiger charge is 2.28. The fourth-order valence-electron chi connectivity index (χ4n) is 3.29. The molecule has 1 saturated heterocycles. The molecule has 1 aliphatic heterocycles. The SMILES string of the molecule is CCN1CCN(C(=O)C(Cc2ccncc2)c2ccccc2)CC1. The Morgan fingerprint density at radius 2 is 1.71 bits per heavy atom. The van der Waals surface area contributed by atoms with Crippen molar-refractivity contribution in [1.29, 1.82) is 0 Å². The molecule has 24 heavy (non-hydrogen) atoms. The average molecular weight is 323 g/mol. The molecule has 2 aromatic rings. The zero-order valence-electron chi connectivity index (χ0n) is 14.3. The molecule has 1 aromatic heterocycles. The maximum Gasteiger partial charge on any atom is 0.230 e. The maximum absolute atomic E-state index is 13.2. The summed E-state index contributed by atoms with van der Waals surface area (Å²) in [6, 6.07) is 14.1. The number of rotatable bonds is 5. The number of hydrogen-bond acceptors (Lipinski definition) is 3. The second-order valence-corrected chi connectivity index (χ2v) is 6.28. The van der Waals surface area contributed by atoms with Crippen LogP contribution in [0.15, 0.2) is 54.9 Å². The minimum absolute atomic E-state index is 0.123. The van der Waals surface area contributed by atoms with Crippen LogP contribution in [0, 0.1) is 0 Å². The monoisotopic (exact) mass is 323 g/mol. The number of piperazine rings is 1. The van der Waals surface area contributed by atoms with E-state index in [1.54, 1.807) is 12.4 Å². The molecule has 0 spiro atoms. The molecule has 126 valence electrons. The van der Waals surface area contributed by atoms with Gasteiger partial charge in [0.25, 0.3) is 0 Å². The summed E-state index contributed by atoms with van der Waals surface area (Å²) < 4.78 is 0. The van der Waals surface area contributed by atoms with Crippen molar-refractivity contribution < 1.29 is 4.79 Å². The number of nitrogens with zero attached hydrogens (tertiary/aromatic N) is 3. The Morgan fingerprint density at radius 1 is 1.04 bits per heavy atom. The van der Waals surface area contributed by atoms with Gasteiger partial charge >= 0.3 is 0 Å². The minimum atomic E-state index is -0.123. The van der Waals surface area contributed by atoms with Gasteiger partial charge < -0.3 is 9.80 Å². The van der Waals surface area contributed by atoms with E-state index in [0.29, 0.717) is 0 Å². The summed E-state index contributed by atoms with van der Waals surface area (Å²) in [4.78, 5) is 21.7. The van der Waals surface area contributed by atoms with Crippen LogP contribution in [0.3, 0.4) is 0 Å². The van der Waals surface area contributed by atoms with Gasteiger partial charge in [0.1, 0.15) is 0 Å². The van der Waals surface area contributed by atoms with Crippen LogP contribution >= 0.6 is 0 Å². The van der Waals surface area contributed by atoms with Crippen LogP contribution in [0.1, 0.15) is 24.0 Å². The van der Waals surface area contributed by atoms with Crippen molar-refractivity contribution in [2.45, 2.75) is 19.3 Å². The summed E-state index contributed by atoms with van der Waals surface area (Å²) in [5, 5.41) is 0. The average Bonchev–Trinajstić information content (AvgIpc) is 2.67. The zero-order chi connectivity index (χ0) is 16.8. The van der Waals surface area contributed by atoms with Gasteiger partial charge in [0.05, 0.1) is 5.92 Å². The van der Waals surface area contributed by atoms with Crippen LogP contribution in [0.5, 0.6) is 0 Å². The third-order valence-corrected chi connectivity index (χ3v) is 4.82. The molecule has 2 heterocycles. The molecule has 1 unspecified atom stereocenters. The first-order valence-electron chi connectivity index (χ1n) is 8.73. The Bertz CT molecular complexity index is 636. The fourth-order valence-corrected chi connectivity index (χ4v) is 3.29. The van der Waals surface area contributed by atoms with Crippen LogP contribution in [0.4, 0.5) is 0 Å². The molecular weight excluding hydrogens is 298 g/mol. The van der Waals surface area contributed by atoms with E-state index < -0.39 is 0 Å². The Labute approximate surface area is 144 Å². The number of hydrogen-bond donors (Lipinski definition) is 0. The van der Waals surface area contributed by atoms with Crippen LogP contribution in [0.25, 0.3) is 0 Å². The lowest BCUT2D eigenvalue weighted by molar-refractivity contribution is -0.134. The van der Waals surface area contributed by atoms with Gasteiger partial charge in [-0.2, -0.15) is 0 Å². The topological polar surface area (TPSA) is 36.4 Å². The number of likely N-dealkylation sites (N-methyl/N-ethyl adjacent to an activating group) is 1. The molecule has 3 rings (SSSR count). The van der Waals surface area contributed by atoms with E-state index in [0.717, 1.165) is 50.3 Å². The molecule has 1 atom stereocenters. The van der Waals surface area contributed by atoms with Gasteiger partial charge in [-0.1, -0.05) is 37.3 Å². The Hall–Kier alpha value is -2.20. The molecule has 0 bridgehead atoms. The maximum atomic E-state index is 13.2. The Balaban J connectivity index is 1.78. The molecule has 1 aromatic carbocycles. The van der Waals surface area contributed by atoms with Gasteiger partial charge in [-0.15, -0.1) is 0 Å². The van der Waals surface area contributed by atoms with Gasteiger partial charge in [-0.3, -0.25) is 9.78 Å². The summed E-state index contributed by atoms with van der Waals surface area (Å²) in [5.74, 6) is 0.121. The predicted octanol–water partition coefficient (Wildman–Crippen LogP) is 2.57. The molecule has 0 saturated carbocycles. The molecule has 1 aliphatic rings. The minimum Gasteiger partial charge on any atom is -0.340 e. The van der Waals surface area contributed by atoms with Gasteiger partial charge in [-0.05, 0) is 36.2 Å². The van der Waals surface area contributed by atoms with Gasteiger partial charge in [0.2, 0.25) is 5.91 Å². The first-order valence-corrected chi connectivity index (χ1v) is 8.73. The predicted molar refractivity (Wildman–Crippen MR) is 95.8 cm³/mol. The number of pyridine rings is 1. The standard InChI is InChI=1S/C20H25N3O/c1-2-22-12-14-23(15-13-22)20(24)19(18-6-4-3-5-7-18)16-17-8-10-21-11-9-17/h3-11,19H,2,12-16H2,1H3. The summed E-state index contributed by atoms with van der Waals surface area (Å²) in [6.45, 7) is 6.82. The first-order chi connectivity index (χ1) is 11.8. The van der Waals surface area contributed by atoms with Crippen molar-refractivity contribution in [2.24, 2.45) is 0 Å². The summed E-state index contributed by atoms with van der Waals surface area (Å²) >= 11 is 0. The quantitative estimate of drug-likeness (QED) is 0.848. The van der Waals surface area contributed by atoms with E-state index in [4.69, 9.17) is 0 Å². The van der Waals surface area contributed by atoms with Crippen LogP contribution < -0.4 is 0 Å². The van der Waals surface area contributed by atoms with E-state index in [1.165, 1.54) is 0 Å². The van der Waals surface area contributed by atoms with E-state index in [1.807, 2.05) is 35.2 Å². The molecule has 4 heteroatoms. The van der Waals surface area contributed by atoms with E-state index >= 15 is 0 Å². The number of carbonyl (C=O) groups is 1. The van der Waals surface area contributed by atoms with Crippen molar-refractivity contribution in [3.8, 4) is 0 Å². The molecule has 1 fully saturated rings. The molecule has 4 nitrogen and oxygen atoms in total.